The van der Waals surface area contributed by atoms with Crippen molar-refractivity contribution in [3.8, 4) is 34.0 Å². The van der Waals surface area contributed by atoms with Crippen molar-refractivity contribution in [2.45, 2.75) is 9.79 Å². The molecule has 11 rings (SSSR count). The zero-order valence-electron chi connectivity index (χ0n) is 26.2. The zero-order chi connectivity index (χ0) is 32.1. The van der Waals surface area contributed by atoms with E-state index in [-0.39, 0.29) is 0 Å². The van der Waals surface area contributed by atoms with E-state index in [1.54, 1.807) is 11.8 Å². The van der Waals surface area contributed by atoms with E-state index in [1.807, 2.05) is 0 Å². The van der Waals surface area contributed by atoms with E-state index in [0.29, 0.717) is 5.95 Å². The van der Waals surface area contributed by atoms with Crippen molar-refractivity contribution in [3.63, 3.8) is 0 Å². The minimum Gasteiger partial charge on any atom is -0.309 e. The third-order valence-electron chi connectivity index (χ3n) is 9.93. The van der Waals surface area contributed by atoms with Gasteiger partial charge in [0.25, 0.3) is 0 Å². The highest BCUT2D eigenvalue weighted by Crippen LogP contribution is 2.47. The van der Waals surface area contributed by atoms with Crippen molar-refractivity contribution < 1.29 is 0 Å². The predicted octanol–water partition coefficient (Wildman–Crippen LogP) is 11.6. The summed E-state index contributed by atoms with van der Waals surface area (Å²) in [5.74, 6) is 0.690. The monoisotopic (exact) mass is 642 g/mol. The Morgan fingerprint density at radius 2 is 1.02 bits per heavy atom. The maximum Gasteiger partial charge on any atom is 0.235 e. The molecule has 0 spiro atoms. The lowest BCUT2D eigenvalue weighted by Gasteiger charge is -2.20. The van der Waals surface area contributed by atoms with Gasteiger partial charge < -0.3 is 4.57 Å². The number of benzene rings is 7. The lowest BCUT2D eigenvalue weighted by atomic mass is 10.0. The molecule has 0 saturated carbocycles. The fourth-order valence-corrected chi connectivity index (χ4v) is 8.87. The van der Waals surface area contributed by atoms with Gasteiger partial charge in [0.15, 0.2) is 0 Å². The molecule has 0 fully saturated rings. The summed E-state index contributed by atoms with van der Waals surface area (Å²) in [4.78, 5) is 13.0. The van der Waals surface area contributed by atoms with Gasteiger partial charge in [-0.05, 0) is 77.9 Å². The summed E-state index contributed by atoms with van der Waals surface area (Å²) >= 11 is 1.80. The van der Waals surface area contributed by atoms with Crippen LogP contribution in [0, 0.1) is 0 Å². The molecule has 3 aromatic heterocycles. The third kappa shape index (κ3) is 3.88. The van der Waals surface area contributed by atoms with Gasteiger partial charge in [0, 0.05) is 48.0 Å². The van der Waals surface area contributed by atoms with Gasteiger partial charge in [0.1, 0.15) is 0 Å². The van der Waals surface area contributed by atoms with Gasteiger partial charge in [0.05, 0.1) is 33.3 Å². The maximum atomic E-state index is 5.32. The van der Waals surface area contributed by atoms with Crippen molar-refractivity contribution in [2.75, 3.05) is 0 Å². The Balaban J connectivity index is 1.12. The quantitative estimate of drug-likeness (QED) is 0.192. The fraction of sp³-hybridized carbons (Fsp3) is 0. The average molecular weight is 643 g/mol. The molecule has 10 aromatic rings. The van der Waals surface area contributed by atoms with Crippen LogP contribution in [0.15, 0.2) is 168 Å². The van der Waals surface area contributed by atoms with Crippen molar-refractivity contribution in [3.05, 3.63) is 158 Å². The van der Waals surface area contributed by atoms with E-state index in [4.69, 9.17) is 9.97 Å². The first-order valence-electron chi connectivity index (χ1n) is 16.5. The lowest BCUT2D eigenvalue weighted by molar-refractivity contribution is 1.01. The van der Waals surface area contributed by atoms with E-state index in [1.165, 1.54) is 59.2 Å². The highest BCUT2D eigenvalue weighted by molar-refractivity contribution is 7.99. The van der Waals surface area contributed by atoms with Crippen LogP contribution in [0.25, 0.3) is 88.5 Å². The van der Waals surface area contributed by atoms with Crippen molar-refractivity contribution in [1.29, 1.82) is 0 Å². The Labute approximate surface area is 285 Å². The molecular weight excluding hydrogens is 617 g/mol. The summed E-state index contributed by atoms with van der Waals surface area (Å²) in [6, 6.07) is 56.6. The molecule has 1 aliphatic heterocycles. The molecule has 0 radical (unpaired) electrons. The summed E-state index contributed by atoms with van der Waals surface area (Å²) in [7, 11) is 0. The number of fused-ring (bicyclic) bond motifs is 8. The molecule has 5 heteroatoms. The third-order valence-corrected chi connectivity index (χ3v) is 11.1. The van der Waals surface area contributed by atoms with Crippen LogP contribution in [0.4, 0.5) is 0 Å². The van der Waals surface area contributed by atoms with Gasteiger partial charge in [-0.25, -0.2) is 9.97 Å². The highest BCUT2D eigenvalue weighted by atomic mass is 32.2. The molecule has 4 heterocycles. The second kappa shape index (κ2) is 10.2. The number of nitrogens with zero attached hydrogens (tertiary/aromatic N) is 4. The van der Waals surface area contributed by atoms with Gasteiger partial charge in [-0.3, -0.25) is 4.57 Å². The van der Waals surface area contributed by atoms with E-state index in [2.05, 4.69) is 167 Å². The van der Waals surface area contributed by atoms with Crippen molar-refractivity contribution in [1.82, 2.24) is 19.1 Å². The summed E-state index contributed by atoms with van der Waals surface area (Å²) in [5, 5.41) is 5.99. The first kappa shape index (κ1) is 26.9. The largest absolute Gasteiger partial charge is 0.309 e. The van der Waals surface area contributed by atoms with Crippen LogP contribution in [0.3, 0.4) is 0 Å². The van der Waals surface area contributed by atoms with Gasteiger partial charge in [-0.2, -0.15) is 0 Å². The van der Waals surface area contributed by atoms with E-state index in [9.17, 15) is 0 Å². The van der Waals surface area contributed by atoms with Crippen LogP contribution in [-0.4, -0.2) is 19.1 Å². The minimum atomic E-state index is 0.690. The molecule has 7 aromatic carbocycles. The molecule has 1 aliphatic rings. The van der Waals surface area contributed by atoms with E-state index in [0.717, 1.165) is 33.2 Å². The van der Waals surface area contributed by atoms with Crippen LogP contribution in [0.2, 0.25) is 0 Å². The normalized spacial score (nSPS) is 12.4. The van der Waals surface area contributed by atoms with Gasteiger partial charge in [-0.1, -0.05) is 103 Å². The van der Waals surface area contributed by atoms with Crippen LogP contribution in [0.5, 0.6) is 0 Å². The summed E-state index contributed by atoms with van der Waals surface area (Å²) in [5.41, 5.74) is 11.3. The SMILES string of the molecule is c1ccc(-n2c3ccccc3c3cc(-c4ccc5c(c4)c4ccccc4n5-c4nc5c6c(cccc6n4)Sc4ccccc4-5)ccc32)cc1. The minimum absolute atomic E-state index is 0.690. The summed E-state index contributed by atoms with van der Waals surface area (Å²) in [6.45, 7) is 0. The van der Waals surface area contributed by atoms with Crippen LogP contribution in [0.1, 0.15) is 0 Å². The van der Waals surface area contributed by atoms with E-state index < -0.39 is 0 Å². The molecule has 0 aliphatic carbocycles. The topological polar surface area (TPSA) is 35.6 Å². The highest BCUT2D eigenvalue weighted by Gasteiger charge is 2.24. The Kier molecular flexibility index (Phi) is 5.57. The number of aromatic nitrogens is 4. The molecule has 4 nitrogen and oxygen atoms in total. The van der Waals surface area contributed by atoms with E-state index >= 15 is 0 Å². The second-order valence-electron chi connectivity index (χ2n) is 12.6. The standard InChI is InChI=1S/C44H26N4S/c1-2-11-29(12-3-1)47-36-17-7-4-13-30(36)33-25-27(21-23-38(33)47)28-22-24-39-34(26-28)31-14-5-8-18-37(31)48(39)44-45-35-16-10-20-41-42(35)43(46-44)32-15-6-9-19-40(32)49-41/h1-26H. The number of hydrogen-bond donors (Lipinski definition) is 0. The maximum absolute atomic E-state index is 5.32. The number of rotatable bonds is 3. The molecule has 0 amide bonds. The molecule has 49 heavy (non-hydrogen) atoms. The smallest absolute Gasteiger partial charge is 0.235 e. The van der Waals surface area contributed by atoms with Crippen LogP contribution >= 0.6 is 11.8 Å². The van der Waals surface area contributed by atoms with Gasteiger partial charge >= 0.3 is 0 Å². The molecule has 0 saturated heterocycles. The second-order valence-corrected chi connectivity index (χ2v) is 13.7. The number of hydrogen-bond acceptors (Lipinski definition) is 3. The Bertz CT molecular complexity index is 2970. The Hall–Kier alpha value is -6.17. The predicted molar refractivity (Wildman–Crippen MR) is 203 cm³/mol. The molecule has 0 atom stereocenters. The zero-order valence-corrected chi connectivity index (χ0v) is 27.0. The molecule has 228 valence electrons. The van der Waals surface area contributed by atoms with Gasteiger partial charge in [-0.15, -0.1) is 0 Å². The Morgan fingerprint density at radius 3 is 1.78 bits per heavy atom. The average Bonchev–Trinajstić information content (AvgIpc) is 3.67. The first-order chi connectivity index (χ1) is 24.3. The summed E-state index contributed by atoms with van der Waals surface area (Å²) < 4.78 is 4.60. The lowest BCUT2D eigenvalue weighted by Crippen LogP contribution is -2.05. The van der Waals surface area contributed by atoms with Crippen molar-refractivity contribution >= 4 is 66.3 Å². The van der Waals surface area contributed by atoms with Crippen molar-refractivity contribution in [2.24, 2.45) is 0 Å². The Morgan fingerprint density at radius 1 is 0.429 bits per heavy atom. The molecule has 0 N–H and O–H groups in total. The molecule has 0 unspecified atom stereocenters. The van der Waals surface area contributed by atoms with Crippen LogP contribution < -0.4 is 0 Å². The fourth-order valence-electron chi connectivity index (χ4n) is 7.76. The molecular formula is C44H26N4S. The molecule has 0 bridgehead atoms. The van der Waals surface area contributed by atoms with Gasteiger partial charge in [0.2, 0.25) is 5.95 Å². The number of para-hydroxylation sites is 3. The summed E-state index contributed by atoms with van der Waals surface area (Å²) in [6.07, 6.45) is 0. The first-order valence-corrected chi connectivity index (χ1v) is 17.3. The van der Waals surface area contributed by atoms with Crippen LogP contribution in [-0.2, 0) is 0 Å².